The number of carbonyl (C=O) groups excluding carboxylic acids is 2. The van der Waals surface area contributed by atoms with E-state index in [2.05, 4.69) is 27.7 Å². The molecule has 4 heteroatoms. The van der Waals surface area contributed by atoms with E-state index in [1.165, 1.54) is 6.92 Å². The smallest absolute Gasteiger partial charge is 0.307 e. The standard InChI is InChI=1S/C17H28O4/c1-7-20-9-8-13-14(21-12(4)18)10-17(5,6)15(11(2)3)16(13)19/h11,15H,7-10H2,1-6H3. The molecule has 4 nitrogen and oxygen atoms in total. The Labute approximate surface area is 127 Å². The van der Waals surface area contributed by atoms with Crippen molar-refractivity contribution >= 4 is 11.8 Å². The summed E-state index contributed by atoms with van der Waals surface area (Å²) in [6.07, 6.45) is 1.12. The van der Waals surface area contributed by atoms with Gasteiger partial charge in [0.2, 0.25) is 0 Å². The summed E-state index contributed by atoms with van der Waals surface area (Å²) in [5, 5.41) is 0. The lowest BCUT2D eigenvalue weighted by Gasteiger charge is -2.41. The Morgan fingerprint density at radius 2 is 2.00 bits per heavy atom. The summed E-state index contributed by atoms with van der Waals surface area (Å²) < 4.78 is 10.7. The molecule has 0 aromatic heterocycles. The molecule has 0 amide bonds. The van der Waals surface area contributed by atoms with Crippen LogP contribution in [0.15, 0.2) is 11.3 Å². The van der Waals surface area contributed by atoms with Crippen LogP contribution >= 0.6 is 0 Å². The van der Waals surface area contributed by atoms with Crippen molar-refractivity contribution in [2.75, 3.05) is 13.2 Å². The Balaban J connectivity index is 3.13. The molecule has 120 valence electrons. The summed E-state index contributed by atoms with van der Waals surface area (Å²) in [6, 6.07) is 0. The summed E-state index contributed by atoms with van der Waals surface area (Å²) in [6.45, 7) is 12.7. The first-order valence-corrected chi connectivity index (χ1v) is 7.73. The van der Waals surface area contributed by atoms with E-state index < -0.39 is 0 Å². The second kappa shape index (κ2) is 7.21. The zero-order valence-corrected chi connectivity index (χ0v) is 14.1. The highest BCUT2D eigenvalue weighted by atomic mass is 16.5. The third-order valence-corrected chi connectivity index (χ3v) is 4.01. The van der Waals surface area contributed by atoms with Gasteiger partial charge in [-0.3, -0.25) is 9.59 Å². The average Bonchev–Trinajstić information content (AvgIpc) is 2.30. The van der Waals surface area contributed by atoms with Gasteiger partial charge in [-0.05, 0) is 18.3 Å². The molecule has 1 atom stereocenters. The highest BCUT2D eigenvalue weighted by molar-refractivity contribution is 5.99. The van der Waals surface area contributed by atoms with Crippen molar-refractivity contribution in [2.24, 2.45) is 17.3 Å². The van der Waals surface area contributed by atoms with Gasteiger partial charge in [-0.15, -0.1) is 0 Å². The van der Waals surface area contributed by atoms with Crippen LogP contribution in [-0.2, 0) is 19.1 Å². The zero-order valence-electron chi connectivity index (χ0n) is 14.1. The van der Waals surface area contributed by atoms with Gasteiger partial charge in [0.1, 0.15) is 5.76 Å². The first-order valence-electron chi connectivity index (χ1n) is 7.73. The number of ether oxygens (including phenoxy) is 2. The molecule has 0 heterocycles. The van der Waals surface area contributed by atoms with E-state index in [0.717, 1.165) is 0 Å². The van der Waals surface area contributed by atoms with Crippen molar-refractivity contribution < 1.29 is 19.1 Å². The van der Waals surface area contributed by atoms with Crippen molar-refractivity contribution in [1.82, 2.24) is 0 Å². The van der Waals surface area contributed by atoms with Crippen LogP contribution in [0.1, 0.15) is 54.4 Å². The molecule has 0 aromatic carbocycles. The average molecular weight is 296 g/mol. The van der Waals surface area contributed by atoms with Crippen LogP contribution in [0.4, 0.5) is 0 Å². The van der Waals surface area contributed by atoms with E-state index in [0.29, 0.717) is 37.4 Å². The number of Topliss-reactive ketones (excluding diaryl/α,β-unsaturated/α-hetero) is 1. The van der Waals surface area contributed by atoms with E-state index >= 15 is 0 Å². The number of ketones is 1. The molecular weight excluding hydrogens is 268 g/mol. The minimum absolute atomic E-state index is 0.0477. The summed E-state index contributed by atoms with van der Waals surface area (Å²) in [7, 11) is 0. The van der Waals surface area contributed by atoms with E-state index in [4.69, 9.17) is 9.47 Å². The van der Waals surface area contributed by atoms with Gasteiger partial charge in [0.25, 0.3) is 0 Å². The van der Waals surface area contributed by atoms with Crippen LogP contribution in [0.2, 0.25) is 0 Å². The molecule has 0 aromatic rings. The fourth-order valence-corrected chi connectivity index (χ4v) is 3.37. The van der Waals surface area contributed by atoms with E-state index in [1.54, 1.807) is 0 Å². The molecule has 1 rings (SSSR count). The van der Waals surface area contributed by atoms with Crippen LogP contribution < -0.4 is 0 Å². The second-order valence-electron chi connectivity index (χ2n) is 6.69. The van der Waals surface area contributed by atoms with Crippen LogP contribution in [0.5, 0.6) is 0 Å². The number of rotatable bonds is 6. The predicted molar refractivity (Wildman–Crippen MR) is 81.6 cm³/mol. The van der Waals surface area contributed by atoms with Gasteiger partial charge in [-0.25, -0.2) is 0 Å². The lowest BCUT2D eigenvalue weighted by Crippen LogP contribution is -2.41. The van der Waals surface area contributed by atoms with Crippen molar-refractivity contribution in [3.8, 4) is 0 Å². The molecule has 1 aliphatic carbocycles. The molecule has 1 unspecified atom stereocenters. The number of hydrogen-bond donors (Lipinski definition) is 0. The minimum Gasteiger partial charge on any atom is -0.431 e. The first-order chi connectivity index (χ1) is 9.70. The molecule has 0 radical (unpaired) electrons. The van der Waals surface area contributed by atoms with E-state index in [9.17, 15) is 9.59 Å². The van der Waals surface area contributed by atoms with Crippen LogP contribution in [0, 0.1) is 17.3 Å². The Kier molecular flexibility index (Phi) is 6.14. The Bertz CT molecular complexity index is 432. The molecule has 21 heavy (non-hydrogen) atoms. The molecule has 0 spiro atoms. The fraction of sp³-hybridized carbons (Fsp3) is 0.765. The molecule has 1 aliphatic rings. The van der Waals surface area contributed by atoms with Crippen molar-refractivity contribution in [2.45, 2.75) is 54.4 Å². The fourth-order valence-electron chi connectivity index (χ4n) is 3.37. The monoisotopic (exact) mass is 296 g/mol. The summed E-state index contributed by atoms with van der Waals surface area (Å²) in [5.41, 5.74) is 0.433. The van der Waals surface area contributed by atoms with Crippen LogP contribution in [0.25, 0.3) is 0 Å². The summed E-state index contributed by atoms with van der Waals surface area (Å²) in [5.74, 6) is 0.485. The van der Waals surface area contributed by atoms with Crippen molar-refractivity contribution in [3.63, 3.8) is 0 Å². The van der Waals surface area contributed by atoms with Gasteiger partial charge in [0.05, 0.1) is 6.61 Å². The summed E-state index contributed by atoms with van der Waals surface area (Å²) in [4.78, 5) is 24.2. The van der Waals surface area contributed by atoms with E-state index in [-0.39, 0.29) is 29.0 Å². The molecule has 0 N–H and O–H groups in total. The highest BCUT2D eigenvalue weighted by Gasteiger charge is 2.44. The lowest BCUT2D eigenvalue weighted by molar-refractivity contribution is -0.139. The maximum absolute atomic E-state index is 12.9. The van der Waals surface area contributed by atoms with Gasteiger partial charge in [0, 0.05) is 37.9 Å². The number of allylic oxidation sites excluding steroid dienone is 1. The quantitative estimate of drug-likeness (QED) is 0.556. The largest absolute Gasteiger partial charge is 0.431 e. The Morgan fingerprint density at radius 1 is 1.38 bits per heavy atom. The number of carbonyl (C=O) groups is 2. The second-order valence-corrected chi connectivity index (χ2v) is 6.69. The molecule has 0 fully saturated rings. The van der Waals surface area contributed by atoms with Crippen molar-refractivity contribution in [1.29, 1.82) is 0 Å². The van der Waals surface area contributed by atoms with Crippen molar-refractivity contribution in [3.05, 3.63) is 11.3 Å². The predicted octanol–water partition coefficient (Wildman–Crippen LogP) is 3.50. The lowest BCUT2D eigenvalue weighted by atomic mass is 9.63. The summed E-state index contributed by atoms with van der Waals surface area (Å²) >= 11 is 0. The maximum atomic E-state index is 12.9. The third kappa shape index (κ3) is 4.40. The van der Waals surface area contributed by atoms with Gasteiger partial charge in [-0.2, -0.15) is 0 Å². The molecule has 0 saturated heterocycles. The molecule has 0 bridgehead atoms. The number of hydrogen-bond acceptors (Lipinski definition) is 4. The zero-order chi connectivity index (χ0) is 16.2. The van der Waals surface area contributed by atoms with Gasteiger partial charge < -0.3 is 9.47 Å². The minimum atomic E-state index is -0.370. The topological polar surface area (TPSA) is 52.6 Å². The van der Waals surface area contributed by atoms with Gasteiger partial charge in [-0.1, -0.05) is 27.7 Å². The normalized spacial score (nSPS) is 21.9. The SMILES string of the molecule is CCOCCC1=C(OC(C)=O)CC(C)(C)C(C(C)C)C1=O. The van der Waals surface area contributed by atoms with Gasteiger partial charge in [0.15, 0.2) is 5.78 Å². The number of esters is 1. The Hall–Kier alpha value is -1.16. The molecule has 0 saturated carbocycles. The molecule has 0 aliphatic heterocycles. The third-order valence-electron chi connectivity index (χ3n) is 4.01. The first kappa shape index (κ1) is 17.9. The highest BCUT2D eigenvalue weighted by Crippen LogP contribution is 2.45. The Morgan fingerprint density at radius 3 is 2.48 bits per heavy atom. The maximum Gasteiger partial charge on any atom is 0.307 e. The molecular formula is C17H28O4. The van der Waals surface area contributed by atoms with Gasteiger partial charge >= 0.3 is 5.97 Å². The van der Waals surface area contributed by atoms with Crippen LogP contribution in [0.3, 0.4) is 0 Å². The van der Waals surface area contributed by atoms with Crippen LogP contribution in [-0.4, -0.2) is 25.0 Å². The van der Waals surface area contributed by atoms with E-state index in [1.807, 2.05) is 6.92 Å².